The molecule has 1 unspecified atom stereocenters. The second kappa shape index (κ2) is 4.57. The van der Waals surface area contributed by atoms with Crippen molar-refractivity contribution in [3.8, 4) is 0 Å². The van der Waals surface area contributed by atoms with Crippen molar-refractivity contribution in [3.05, 3.63) is 24.2 Å². The maximum atomic E-state index is 5.92. The van der Waals surface area contributed by atoms with Gasteiger partial charge in [-0.2, -0.15) is 0 Å². The smallest absolute Gasteiger partial charge is 0.133 e. The molecule has 16 heavy (non-hydrogen) atoms. The monoisotopic (exact) mass is 263 g/mol. The van der Waals surface area contributed by atoms with Crippen molar-refractivity contribution in [2.75, 3.05) is 13.1 Å². The van der Waals surface area contributed by atoms with Crippen LogP contribution in [-0.2, 0) is 4.74 Å². The van der Waals surface area contributed by atoms with E-state index in [4.69, 9.17) is 32.4 Å². The van der Waals surface area contributed by atoms with E-state index < -0.39 is 4.84 Å². The maximum Gasteiger partial charge on any atom is 0.133 e. The second-order valence-corrected chi connectivity index (χ2v) is 5.64. The van der Waals surface area contributed by atoms with Crippen LogP contribution in [0.2, 0.25) is 0 Å². The topological polar surface area (TPSA) is 25.6 Å². The quantitative estimate of drug-likeness (QED) is 0.784. The molecule has 0 bridgehead atoms. The van der Waals surface area contributed by atoms with Crippen molar-refractivity contribution >= 4 is 23.2 Å². The lowest BCUT2D eigenvalue weighted by Gasteiger charge is -2.29. The normalized spacial score (nSPS) is 25.4. The van der Waals surface area contributed by atoms with Gasteiger partial charge in [0.1, 0.15) is 22.4 Å². The van der Waals surface area contributed by atoms with E-state index in [0.29, 0.717) is 6.54 Å². The average molecular weight is 264 g/mol. The van der Waals surface area contributed by atoms with Gasteiger partial charge in [0.25, 0.3) is 0 Å². The standard InChI is InChI=1S/C11H15Cl2NO2/c1-11(2)14(7-10(12)13)6-9(16-11)8-4-3-5-15-8/h3-5,9-10H,6-7H2,1-2H3. The molecular formula is C11H15Cl2NO2. The number of rotatable bonds is 3. The summed E-state index contributed by atoms with van der Waals surface area (Å²) in [7, 11) is 0. The molecule has 0 saturated carbocycles. The molecule has 1 aliphatic rings. The van der Waals surface area contributed by atoms with Gasteiger partial charge in [0.2, 0.25) is 0 Å². The van der Waals surface area contributed by atoms with E-state index in [0.717, 1.165) is 12.3 Å². The highest BCUT2D eigenvalue weighted by molar-refractivity contribution is 6.44. The third kappa shape index (κ3) is 2.54. The van der Waals surface area contributed by atoms with Crippen LogP contribution in [0.5, 0.6) is 0 Å². The predicted octanol–water partition coefficient (Wildman–Crippen LogP) is 3.19. The van der Waals surface area contributed by atoms with E-state index in [2.05, 4.69) is 4.90 Å². The fraction of sp³-hybridized carbons (Fsp3) is 0.636. The van der Waals surface area contributed by atoms with Crippen LogP contribution in [0.25, 0.3) is 0 Å². The third-order valence-electron chi connectivity index (χ3n) is 2.80. The first-order valence-electron chi connectivity index (χ1n) is 5.23. The molecule has 0 aliphatic carbocycles. The molecule has 3 nitrogen and oxygen atoms in total. The Bertz CT molecular complexity index is 338. The van der Waals surface area contributed by atoms with Gasteiger partial charge >= 0.3 is 0 Å². The maximum absolute atomic E-state index is 5.92. The highest BCUT2D eigenvalue weighted by atomic mass is 35.5. The molecule has 1 fully saturated rings. The molecule has 0 radical (unpaired) electrons. The van der Waals surface area contributed by atoms with E-state index in [1.807, 2.05) is 26.0 Å². The minimum Gasteiger partial charge on any atom is -0.467 e. The highest BCUT2D eigenvalue weighted by Crippen LogP contribution is 2.36. The van der Waals surface area contributed by atoms with Crippen LogP contribution in [-0.4, -0.2) is 28.6 Å². The Morgan fingerprint density at radius 3 is 2.88 bits per heavy atom. The predicted molar refractivity (Wildman–Crippen MR) is 63.7 cm³/mol. The Labute approximate surface area is 105 Å². The van der Waals surface area contributed by atoms with Crippen molar-refractivity contribution in [2.45, 2.75) is 30.5 Å². The van der Waals surface area contributed by atoms with Gasteiger partial charge in [-0.1, -0.05) is 0 Å². The first-order chi connectivity index (χ1) is 7.49. The van der Waals surface area contributed by atoms with Crippen molar-refractivity contribution in [2.24, 2.45) is 0 Å². The van der Waals surface area contributed by atoms with Crippen LogP contribution in [0, 0.1) is 0 Å². The molecule has 0 amide bonds. The van der Waals surface area contributed by atoms with Crippen molar-refractivity contribution in [1.29, 1.82) is 0 Å². The summed E-state index contributed by atoms with van der Waals surface area (Å²) in [6.45, 7) is 5.35. The summed E-state index contributed by atoms with van der Waals surface area (Å²) in [4.78, 5) is 1.71. The lowest BCUT2D eigenvalue weighted by molar-refractivity contribution is -0.0792. The van der Waals surface area contributed by atoms with Crippen molar-refractivity contribution in [1.82, 2.24) is 4.90 Å². The second-order valence-electron chi connectivity index (χ2n) is 4.36. The minimum absolute atomic E-state index is 0.0444. The number of furan rings is 1. The lowest BCUT2D eigenvalue weighted by Crippen LogP contribution is -2.41. The molecule has 2 rings (SSSR count). The van der Waals surface area contributed by atoms with Gasteiger partial charge in [-0.15, -0.1) is 23.2 Å². The van der Waals surface area contributed by atoms with Gasteiger partial charge in [0.05, 0.1) is 6.26 Å². The molecule has 1 atom stereocenters. The fourth-order valence-electron chi connectivity index (χ4n) is 1.96. The molecule has 90 valence electrons. The highest BCUT2D eigenvalue weighted by Gasteiger charge is 2.41. The summed E-state index contributed by atoms with van der Waals surface area (Å²) in [5.74, 6) is 0.844. The van der Waals surface area contributed by atoms with Gasteiger partial charge in [-0.3, -0.25) is 4.90 Å². The summed E-state index contributed by atoms with van der Waals surface area (Å²) in [5, 5.41) is 0. The summed E-state index contributed by atoms with van der Waals surface area (Å²) in [5.41, 5.74) is -0.362. The van der Waals surface area contributed by atoms with E-state index in [9.17, 15) is 0 Å². The molecule has 0 N–H and O–H groups in total. The molecule has 2 heterocycles. The Hall–Kier alpha value is -0.220. The summed E-state index contributed by atoms with van der Waals surface area (Å²) >= 11 is 11.6. The van der Waals surface area contributed by atoms with E-state index in [-0.39, 0.29) is 11.8 Å². The summed E-state index contributed by atoms with van der Waals surface area (Å²) in [6, 6.07) is 3.78. The molecule has 5 heteroatoms. The lowest BCUT2D eigenvalue weighted by atomic mass is 10.2. The van der Waals surface area contributed by atoms with Crippen LogP contribution in [0.1, 0.15) is 25.7 Å². The van der Waals surface area contributed by atoms with Gasteiger partial charge in [-0.25, -0.2) is 0 Å². The number of hydrogen-bond donors (Lipinski definition) is 0. The van der Waals surface area contributed by atoms with Gasteiger partial charge < -0.3 is 9.15 Å². The van der Waals surface area contributed by atoms with Crippen LogP contribution in [0.15, 0.2) is 22.8 Å². The van der Waals surface area contributed by atoms with Crippen LogP contribution >= 0.6 is 23.2 Å². The van der Waals surface area contributed by atoms with Crippen molar-refractivity contribution < 1.29 is 9.15 Å². The van der Waals surface area contributed by atoms with Gasteiger partial charge in [0.15, 0.2) is 0 Å². The number of halogens is 2. The Balaban J connectivity index is 2.08. The van der Waals surface area contributed by atoms with E-state index >= 15 is 0 Å². The number of nitrogens with zero attached hydrogens (tertiary/aromatic N) is 1. The number of hydrogen-bond acceptors (Lipinski definition) is 3. The summed E-state index contributed by atoms with van der Waals surface area (Å²) in [6.07, 6.45) is 1.61. The Kier molecular flexibility index (Phi) is 3.50. The molecule has 1 aromatic heterocycles. The molecule has 1 aromatic rings. The Morgan fingerprint density at radius 2 is 2.31 bits per heavy atom. The summed E-state index contributed by atoms with van der Waals surface area (Å²) < 4.78 is 11.3. The molecule has 1 saturated heterocycles. The van der Waals surface area contributed by atoms with E-state index in [1.54, 1.807) is 6.26 Å². The first kappa shape index (κ1) is 12.2. The zero-order valence-corrected chi connectivity index (χ0v) is 10.8. The van der Waals surface area contributed by atoms with Crippen LogP contribution in [0.4, 0.5) is 0 Å². The SMILES string of the molecule is CC1(C)OC(c2ccco2)CN1CC(Cl)Cl. The van der Waals surface area contributed by atoms with Crippen LogP contribution < -0.4 is 0 Å². The largest absolute Gasteiger partial charge is 0.467 e. The third-order valence-corrected chi connectivity index (χ3v) is 3.07. The number of alkyl halides is 2. The van der Waals surface area contributed by atoms with Gasteiger partial charge in [-0.05, 0) is 26.0 Å². The van der Waals surface area contributed by atoms with Crippen molar-refractivity contribution in [3.63, 3.8) is 0 Å². The molecule has 1 aliphatic heterocycles. The fourth-order valence-corrected chi connectivity index (χ4v) is 2.30. The Morgan fingerprint density at radius 1 is 1.56 bits per heavy atom. The molecule has 0 aromatic carbocycles. The zero-order valence-electron chi connectivity index (χ0n) is 9.32. The minimum atomic E-state index is -0.404. The van der Waals surface area contributed by atoms with Gasteiger partial charge in [0, 0.05) is 13.1 Å². The first-order valence-corrected chi connectivity index (χ1v) is 6.11. The average Bonchev–Trinajstić information content (AvgIpc) is 2.73. The zero-order chi connectivity index (χ0) is 11.8. The van der Waals surface area contributed by atoms with E-state index in [1.165, 1.54) is 0 Å². The molecule has 0 spiro atoms. The van der Waals surface area contributed by atoms with Crippen LogP contribution in [0.3, 0.4) is 0 Å². The number of ether oxygens (including phenoxy) is 1. The molecular weight excluding hydrogens is 249 g/mol.